The fourth-order valence-electron chi connectivity index (χ4n) is 3.59. The van der Waals surface area contributed by atoms with Crippen LogP contribution in [0.4, 0.5) is 5.00 Å². The summed E-state index contributed by atoms with van der Waals surface area (Å²) in [4.78, 5) is 25.6. The molecule has 2 aromatic heterocycles. The number of nitrogens with one attached hydrogen (secondary N) is 1. The van der Waals surface area contributed by atoms with Crippen molar-refractivity contribution in [2.45, 2.75) is 38.8 Å². The average molecular weight is 423 g/mol. The Morgan fingerprint density at radius 1 is 1.33 bits per heavy atom. The molecule has 8 heteroatoms. The van der Waals surface area contributed by atoms with Gasteiger partial charge < -0.3 is 19.4 Å². The third-order valence-corrected chi connectivity index (χ3v) is 6.08. The molecule has 2 heterocycles. The predicted octanol–water partition coefficient (Wildman–Crippen LogP) is 4.41. The first-order valence-corrected chi connectivity index (χ1v) is 10.5. The molecule has 1 amide bonds. The van der Waals surface area contributed by atoms with E-state index < -0.39 is 18.0 Å². The number of hydrogen-bond donors (Lipinski definition) is 1. The Hall–Kier alpha value is -3.31. The molecular formula is C22H21N3O4S. The Morgan fingerprint density at radius 2 is 2.10 bits per heavy atom. The van der Waals surface area contributed by atoms with Gasteiger partial charge in [0.25, 0.3) is 5.91 Å². The van der Waals surface area contributed by atoms with Gasteiger partial charge in [0, 0.05) is 22.6 Å². The number of ether oxygens (including phenoxy) is 2. The van der Waals surface area contributed by atoms with Crippen LogP contribution in [0.15, 0.2) is 29.6 Å². The van der Waals surface area contributed by atoms with Crippen LogP contribution in [-0.4, -0.2) is 29.7 Å². The molecule has 0 spiro atoms. The van der Waals surface area contributed by atoms with Gasteiger partial charge in [0.1, 0.15) is 16.8 Å². The Morgan fingerprint density at radius 3 is 2.77 bits per heavy atom. The third kappa shape index (κ3) is 3.53. The number of rotatable bonds is 6. The van der Waals surface area contributed by atoms with Crippen LogP contribution in [0, 0.1) is 18.3 Å². The molecule has 30 heavy (non-hydrogen) atoms. The van der Waals surface area contributed by atoms with Crippen LogP contribution in [-0.2, 0) is 9.53 Å². The molecule has 0 aliphatic heterocycles. The summed E-state index contributed by atoms with van der Waals surface area (Å²) in [6.45, 7) is 3.42. The number of methoxy groups -OCH3 is 1. The van der Waals surface area contributed by atoms with Gasteiger partial charge in [-0.25, -0.2) is 4.79 Å². The number of aromatic nitrogens is 1. The molecule has 1 atom stereocenters. The molecule has 1 fully saturated rings. The minimum absolute atomic E-state index is 0.377. The number of nitrogens with zero attached hydrogens (tertiary/aromatic N) is 2. The van der Waals surface area contributed by atoms with Crippen LogP contribution in [0.5, 0.6) is 5.75 Å². The molecule has 3 aromatic rings. The van der Waals surface area contributed by atoms with E-state index in [-0.39, 0.29) is 0 Å². The number of amides is 1. The van der Waals surface area contributed by atoms with Crippen molar-refractivity contribution >= 4 is 39.1 Å². The maximum Gasteiger partial charge on any atom is 0.341 e. The van der Waals surface area contributed by atoms with Gasteiger partial charge in [-0.1, -0.05) is 0 Å². The Balaban J connectivity index is 1.60. The monoisotopic (exact) mass is 423 g/mol. The fraction of sp³-hybridized carbons (Fsp3) is 0.318. The van der Waals surface area contributed by atoms with Crippen molar-refractivity contribution in [1.82, 2.24) is 4.57 Å². The lowest BCUT2D eigenvalue weighted by molar-refractivity contribution is -0.123. The van der Waals surface area contributed by atoms with Gasteiger partial charge in [0.2, 0.25) is 0 Å². The second-order valence-corrected chi connectivity index (χ2v) is 8.17. The average Bonchev–Trinajstić information content (AvgIpc) is 3.39. The number of esters is 1. The highest BCUT2D eigenvalue weighted by Crippen LogP contribution is 2.42. The molecule has 4 rings (SSSR count). The smallest absolute Gasteiger partial charge is 0.341 e. The highest BCUT2D eigenvalue weighted by atomic mass is 32.1. The lowest BCUT2D eigenvalue weighted by Crippen LogP contribution is -2.30. The normalized spacial score (nSPS) is 14.2. The zero-order valence-electron chi connectivity index (χ0n) is 16.9. The molecule has 1 aromatic carbocycles. The molecule has 0 saturated heterocycles. The van der Waals surface area contributed by atoms with Gasteiger partial charge in [0.05, 0.1) is 18.2 Å². The van der Waals surface area contributed by atoms with E-state index in [0.717, 1.165) is 29.4 Å². The lowest BCUT2D eigenvalue weighted by atomic mass is 10.1. The minimum atomic E-state index is -1.02. The van der Waals surface area contributed by atoms with E-state index in [1.54, 1.807) is 18.6 Å². The molecule has 7 nitrogen and oxygen atoms in total. The lowest BCUT2D eigenvalue weighted by Gasteiger charge is -2.13. The van der Waals surface area contributed by atoms with Gasteiger partial charge >= 0.3 is 5.97 Å². The number of carbonyl (C=O) groups is 2. The number of nitriles is 1. The maximum atomic E-state index is 13.1. The number of fused-ring (bicyclic) bond motifs is 1. The van der Waals surface area contributed by atoms with E-state index in [1.807, 2.05) is 31.2 Å². The van der Waals surface area contributed by atoms with Crippen molar-refractivity contribution in [3.05, 3.63) is 46.5 Å². The summed E-state index contributed by atoms with van der Waals surface area (Å²) in [6.07, 6.45) is 1.13. The molecular weight excluding hydrogens is 402 g/mol. The topological polar surface area (TPSA) is 93.3 Å². The van der Waals surface area contributed by atoms with E-state index in [0.29, 0.717) is 27.9 Å². The van der Waals surface area contributed by atoms with Crippen molar-refractivity contribution in [2.75, 3.05) is 12.4 Å². The highest BCUT2D eigenvalue weighted by Gasteiger charge is 2.32. The second kappa shape index (κ2) is 7.84. The van der Waals surface area contributed by atoms with E-state index in [9.17, 15) is 9.59 Å². The molecule has 0 bridgehead atoms. The number of benzene rings is 1. The quantitative estimate of drug-likeness (QED) is 0.593. The first-order valence-electron chi connectivity index (χ1n) is 9.62. The first-order chi connectivity index (χ1) is 14.4. The number of hydrogen-bond acceptors (Lipinski definition) is 6. The largest absolute Gasteiger partial charge is 0.497 e. The van der Waals surface area contributed by atoms with Crippen LogP contribution in [0.25, 0.3) is 10.9 Å². The summed E-state index contributed by atoms with van der Waals surface area (Å²) >= 11 is 1.24. The first kappa shape index (κ1) is 20.0. The van der Waals surface area contributed by atoms with Crippen molar-refractivity contribution in [3.63, 3.8) is 0 Å². The van der Waals surface area contributed by atoms with Crippen LogP contribution < -0.4 is 10.1 Å². The molecule has 0 radical (unpaired) electrons. The SMILES string of the molecule is COc1ccc2c(c1)c(C(=O)O[C@@H](C)C(=O)Nc1sccc1C#N)c(C)n2C1CC1. The van der Waals surface area contributed by atoms with Crippen molar-refractivity contribution in [2.24, 2.45) is 0 Å². The number of thiophene rings is 1. The standard InChI is InChI=1S/C22H21N3O4S/c1-12-19(17-10-16(28-3)6-7-18(17)25(12)15-4-5-15)22(27)29-13(2)20(26)24-21-14(11-23)8-9-30-21/h6-10,13,15H,4-5H2,1-3H3,(H,24,26)/t13-/m0/s1. The summed E-state index contributed by atoms with van der Waals surface area (Å²) in [6, 6.07) is 9.68. The second-order valence-electron chi connectivity index (χ2n) is 7.26. The molecule has 1 N–H and O–H groups in total. The maximum absolute atomic E-state index is 13.1. The highest BCUT2D eigenvalue weighted by molar-refractivity contribution is 7.14. The fourth-order valence-corrected chi connectivity index (χ4v) is 4.33. The van der Waals surface area contributed by atoms with Crippen LogP contribution >= 0.6 is 11.3 Å². The van der Waals surface area contributed by atoms with Crippen molar-refractivity contribution in [3.8, 4) is 11.8 Å². The zero-order chi connectivity index (χ0) is 21.4. The Bertz CT molecular complexity index is 1180. The third-order valence-electron chi connectivity index (χ3n) is 5.25. The van der Waals surface area contributed by atoms with Crippen LogP contribution in [0.3, 0.4) is 0 Å². The summed E-state index contributed by atoms with van der Waals surface area (Å²) in [5.41, 5.74) is 2.60. The van der Waals surface area contributed by atoms with E-state index in [2.05, 4.69) is 9.88 Å². The number of anilines is 1. The van der Waals surface area contributed by atoms with Gasteiger partial charge in [0.15, 0.2) is 6.10 Å². The molecule has 1 aliphatic carbocycles. The summed E-state index contributed by atoms with van der Waals surface area (Å²) < 4.78 is 13.0. The van der Waals surface area contributed by atoms with Crippen molar-refractivity contribution < 1.29 is 19.1 Å². The Labute approximate surface area is 177 Å². The molecule has 154 valence electrons. The van der Waals surface area contributed by atoms with E-state index in [4.69, 9.17) is 14.7 Å². The summed E-state index contributed by atoms with van der Waals surface area (Å²) in [5.74, 6) is -0.389. The van der Waals surface area contributed by atoms with Gasteiger partial charge in [-0.2, -0.15) is 5.26 Å². The summed E-state index contributed by atoms with van der Waals surface area (Å²) in [5, 5.41) is 14.7. The van der Waals surface area contributed by atoms with Crippen LogP contribution in [0.2, 0.25) is 0 Å². The minimum Gasteiger partial charge on any atom is -0.497 e. The zero-order valence-corrected chi connectivity index (χ0v) is 17.7. The molecule has 1 aliphatic rings. The van der Waals surface area contributed by atoms with Gasteiger partial charge in [-0.3, -0.25) is 4.79 Å². The summed E-state index contributed by atoms with van der Waals surface area (Å²) in [7, 11) is 1.58. The number of carbonyl (C=O) groups excluding carboxylic acids is 2. The van der Waals surface area contributed by atoms with E-state index in [1.165, 1.54) is 18.3 Å². The van der Waals surface area contributed by atoms with Crippen molar-refractivity contribution in [1.29, 1.82) is 5.26 Å². The molecule has 0 unspecified atom stereocenters. The van der Waals surface area contributed by atoms with Gasteiger partial charge in [-0.05, 0) is 56.3 Å². The molecule has 1 saturated carbocycles. The van der Waals surface area contributed by atoms with Crippen LogP contribution in [0.1, 0.15) is 47.4 Å². The Kier molecular flexibility index (Phi) is 5.22. The predicted molar refractivity (Wildman–Crippen MR) is 114 cm³/mol. The van der Waals surface area contributed by atoms with E-state index >= 15 is 0 Å². The van der Waals surface area contributed by atoms with Gasteiger partial charge in [-0.15, -0.1) is 11.3 Å².